The number of urea groups is 1. The number of thiazole rings is 1. The van der Waals surface area contributed by atoms with E-state index in [0.29, 0.717) is 0 Å². The number of nitrogens with one attached hydrogen (secondary N) is 1. The standard InChI is InChI=1S/C20H25N3O2S/c1-25-15-8-5-7-14(13-15)17-10-6-12-23(17)20(24)22-19-21-16-9-3-2-4-11-18(16)26-19/h5,7-8,13,17H,2-4,6,9-12H2,1H3,(H,21,22,24). The summed E-state index contributed by atoms with van der Waals surface area (Å²) in [5.41, 5.74) is 2.32. The Hall–Kier alpha value is -2.08. The average molecular weight is 372 g/mol. The van der Waals surface area contributed by atoms with Gasteiger partial charge in [0.05, 0.1) is 18.8 Å². The third-order valence-corrected chi connectivity index (χ3v) is 6.37. The van der Waals surface area contributed by atoms with Gasteiger partial charge in [-0.15, -0.1) is 11.3 Å². The number of carbonyl (C=O) groups is 1. The Labute approximate surface area is 158 Å². The molecule has 1 fully saturated rings. The lowest BCUT2D eigenvalue weighted by Crippen LogP contribution is -2.34. The van der Waals surface area contributed by atoms with Crippen LogP contribution in [0.4, 0.5) is 9.93 Å². The largest absolute Gasteiger partial charge is 0.497 e. The highest BCUT2D eigenvalue weighted by molar-refractivity contribution is 7.15. The lowest BCUT2D eigenvalue weighted by molar-refractivity contribution is 0.207. The van der Waals surface area contributed by atoms with E-state index in [-0.39, 0.29) is 12.1 Å². The van der Waals surface area contributed by atoms with Crippen LogP contribution < -0.4 is 10.1 Å². The molecule has 1 aliphatic heterocycles. The molecule has 26 heavy (non-hydrogen) atoms. The molecular weight excluding hydrogens is 346 g/mol. The van der Waals surface area contributed by atoms with Gasteiger partial charge >= 0.3 is 6.03 Å². The van der Waals surface area contributed by atoms with E-state index in [1.165, 1.54) is 29.8 Å². The normalized spacial score (nSPS) is 19.7. The molecule has 1 aliphatic carbocycles. The number of benzene rings is 1. The van der Waals surface area contributed by atoms with E-state index in [9.17, 15) is 4.79 Å². The maximum Gasteiger partial charge on any atom is 0.324 e. The van der Waals surface area contributed by atoms with E-state index >= 15 is 0 Å². The summed E-state index contributed by atoms with van der Waals surface area (Å²) in [6, 6.07) is 8.08. The lowest BCUT2D eigenvalue weighted by Gasteiger charge is -2.25. The summed E-state index contributed by atoms with van der Waals surface area (Å²) in [5.74, 6) is 0.832. The minimum absolute atomic E-state index is 0.0424. The number of nitrogens with zero attached hydrogens (tertiary/aromatic N) is 2. The van der Waals surface area contributed by atoms with Crippen LogP contribution in [0.25, 0.3) is 0 Å². The Morgan fingerprint density at radius 3 is 3.04 bits per heavy atom. The van der Waals surface area contributed by atoms with Gasteiger partial charge < -0.3 is 9.64 Å². The predicted octanol–water partition coefficient (Wildman–Crippen LogP) is 4.79. The van der Waals surface area contributed by atoms with Gasteiger partial charge in [-0.3, -0.25) is 5.32 Å². The van der Waals surface area contributed by atoms with Gasteiger partial charge in [-0.1, -0.05) is 18.6 Å². The van der Waals surface area contributed by atoms with Gasteiger partial charge in [0, 0.05) is 11.4 Å². The maximum atomic E-state index is 12.9. The molecule has 2 amide bonds. The molecule has 138 valence electrons. The Bertz CT molecular complexity index is 766. The zero-order valence-electron chi connectivity index (χ0n) is 15.2. The number of anilines is 1. The molecule has 4 rings (SSSR count). The molecule has 1 saturated heterocycles. The predicted molar refractivity (Wildman–Crippen MR) is 104 cm³/mol. The smallest absolute Gasteiger partial charge is 0.324 e. The molecule has 2 aromatic rings. The second-order valence-corrected chi connectivity index (χ2v) is 8.09. The Morgan fingerprint density at radius 2 is 2.15 bits per heavy atom. The van der Waals surface area contributed by atoms with Crippen LogP contribution in [0.3, 0.4) is 0 Å². The molecule has 2 aliphatic rings. The van der Waals surface area contributed by atoms with Gasteiger partial charge in [0.1, 0.15) is 5.75 Å². The summed E-state index contributed by atoms with van der Waals surface area (Å²) in [5, 5.41) is 3.80. The van der Waals surface area contributed by atoms with E-state index in [4.69, 9.17) is 4.74 Å². The first-order chi connectivity index (χ1) is 12.7. The van der Waals surface area contributed by atoms with Gasteiger partial charge in [0.25, 0.3) is 0 Å². The number of methoxy groups -OCH3 is 1. The van der Waals surface area contributed by atoms with Crippen molar-refractivity contribution < 1.29 is 9.53 Å². The van der Waals surface area contributed by atoms with Crippen molar-refractivity contribution >= 4 is 22.5 Å². The quantitative estimate of drug-likeness (QED) is 0.789. The number of likely N-dealkylation sites (tertiary alicyclic amines) is 1. The molecule has 0 spiro atoms. The van der Waals surface area contributed by atoms with Gasteiger partial charge in [0.2, 0.25) is 0 Å². The minimum Gasteiger partial charge on any atom is -0.497 e. The average Bonchev–Trinajstić information content (AvgIpc) is 3.24. The van der Waals surface area contributed by atoms with Crippen LogP contribution >= 0.6 is 11.3 Å². The zero-order chi connectivity index (χ0) is 17.9. The highest BCUT2D eigenvalue weighted by Crippen LogP contribution is 2.35. The third kappa shape index (κ3) is 3.56. The van der Waals surface area contributed by atoms with Crippen molar-refractivity contribution in [3.05, 3.63) is 40.4 Å². The number of hydrogen-bond acceptors (Lipinski definition) is 4. The monoisotopic (exact) mass is 371 g/mol. The lowest BCUT2D eigenvalue weighted by atomic mass is 10.0. The topological polar surface area (TPSA) is 54.5 Å². The molecule has 1 atom stereocenters. The van der Waals surface area contributed by atoms with E-state index in [0.717, 1.165) is 48.7 Å². The summed E-state index contributed by atoms with van der Waals surface area (Å²) in [7, 11) is 1.67. The van der Waals surface area contributed by atoms with Crippen molar-refractivity contribution in [2.24, 2.45) is 0 Å². The van der Waals surface area contributed by atoms with Crippen LogP contribution in [-0.2, 0) is 12.8 Å². The molecular formula is C20H25N3O2S. The van der Waals surface area contributed by atoms with Crippen molar-refractivity contribution in [1.29, 1.82) is 0 Å². The number of amides is 2. The van der Waals surface area contributed by atoms with Crippen LogP contribution in [0.15, 0.2) is 24.3 Å². The molecule has 5 nitrogen and oxygen atoms in total. The zero-order valence-corrected chi connectivity index (χ0v) is 16.0. The first-order valence-corrected chi connectivity index (χ1v) is 10.3. The fraction of sp³-hybridized carbons (Fsp3) is 0.500. The number of fused-ring (bicyclic) bond motifs is 1. The number of aryl methyl sites for hydroxylation is 2. The highest BCUT2D eigenvalue weighted by Gasteiger charge is 2.31. The second-order valence-electron chi connectivity index (χ2n) is 7.01. The maximum absolute atomic E-state index is 12.9. The third-order valence-electron chi connectivity index (χ3n) is 5.30. The van der Waals surface area contributed by atoms with Crippen LogP contribution in [0.1, 0.15) is 54.3 Å². The summed E-state index contributed by atoms with van der Waals surface area (Å²) < 4.78 is 5.34. The minimum atomic E-state index is -0.0424. The van der Waals surface area contributed by atoms with E-state index < -0.39 is 0 Å². The molecule has 6 heteroatoms. The van der Waals surface area contributed by atoms with E-state index in [1.54, 1.807) is 18.4 Å². The number of carbonyl (C=O) groups excluding carboxylic acids is 1. The molecule has 0 radical (unpaired) electrons. The van der Waals surface area contributed by atoms with Crippen molar-refractivity contribution in [2.75, 3.05) is 19.0 Å². The Morgan fingerprint density at radius 1 is 1.27 bits per heavy atom. The van der Waals surface area contributed by atoms with Crippen molar-refractivity contribution in [2.45, 2.75) is 51.0 Å². The molecule has 1 N–H and O–H groups in total. The Kier molecular flexibility index (Phi) is 5.11. The first-order valence-electron chi connectivity index (χ1n) is 9.45. The fourth-order valence-electron chi connectivity index (χ4n) is 3.95. The summed E-state index contributed by atoms with van der Waals surface area (Å²) >= 11 is 1.65. The first kappa shape index (κ1) is 17.3. The molecule has 1 aromatic heterocycles. The number of ether oxygens (including phenoxy) is 1. The number of aromatic nitrogens is 1. The van der Waals surface area contributed by atoms with Crippen LogP contribution in [0.2, 0.25) is 0 Å². The van der Waals surface area contributed by atoms with E-state index in [1.807, 2.05) is 23.1 Å². The molecule has 1 aromatic carbocycles. The molecule has 2 heterocycles. The summed E-state index contributed by atoms with van der Waals surface area (Å²) in [4.78, 5) is 20.9. The SMILES string of the molecule is COc1cccc(C2CCCN2C(=O)Nc2nc3c(s2)CCCCC3)c1. The van der Waals surface area contributed by atoms with Crippen molar-refractivity contribution in [1.82, 2.24) is 9.88 Å². The molecule has 1 unspecified atom stereocenters. The van der Waals surface area contributed by atoms with Crippen molar-refractivity contribution in [3.63, 3.8) is 0 Å². The van der Waals surface area contributed by atoms with Crippen LogP contribution in [-0.4, -0.2) is 29.6 Å². The van der Waals surface area contributed by atoms with Crippen molar-refractivity contribution in [3.8, 4) is 5.75 Å². The summed E-state index contributed by atoms with van der Waals surface area (Å²) in [6.07, 6.45) is 7.84. The molecule has 0 bridgehead atoms. The Balaban J connectivity index is 1.48. The number of hydrogen-bond donors (Lipinski definition) is 1. The van der Waals surface area contributed by atoms with Gasteiger partial charge in [-0.05, 0) is 56.2 Å². The summed E-state index contributed by atoms with van der Waals surface area (Å²) in [6.45, 7) is 0.777. The molecule has 0 saturated carbocycles. The highest BCUT2D eigenvalue weighted by atomic mass is 32.1. The van der Waals surface area contributed by atoms with Gasteiger partial charge in [-0.25, -0.2) is 9.78 Å². The number of rotatable bonds is 3. The van der Waals surface area contributed by atoms with Gasteiger partial charge in [0.15, 0.2) is 5.13 Å². The van der Waals surface area contributed by atoms with Crippen LogP contribution in [0, 0.1) is 0 Å². The van der Waals surface area contributed by atoms with Gasteiger partial charge in [-0.2, -0.15) is 0 Å². The van der Waals surface area contributed by atoms with E-state index in [2.05, 4.69) is 16.4 Å². The van der Waals surface area contributed by atoms with Crippen LogP contribution in [0.5, 0.6) is 5.75 Å². The second kappa shape index (κ2) is 7.66. The fourth-order valence-corrected chi connectivity index (χ4v) is 4.99.